The van der Waals surface area contributed by atoms with E-state index in [-0.39, 0.29) is 0 Å². The van der Waals surface area contributed by atoms with E-state index in [1.54, 1.807) is 18.3 Å². The van der Waals surface area contributed by atoms with Gasteiger partial charge in [-0.3, -0.25) is 9.78 Å². The molecule has 6 nitrogen and oxygen atoms in total. The van der Waals surface area contributed by atoms with E-state index in [2.05, 4.69) is 20.6 Å². The van der Waals surface area contributed by atoms with E-state index < -0.39 is 5.91 Å². The number of amides is 1. The van der Waals surface area contributed by atoms with Crippen LogP contribution in [-0.4, -0.2) is 29.0 Å². The van der Waals surface area contributed by atoms with E-state index in [1.807, 2.05) is 0 Å². The summed E-state index contributed by atoms with van der Waals surface area (Å²) in [5.74, 6) is 0.0219. The molecule has 0 unspecified atom stereocenters. The van der Waals surface area contributed by atoms with Crippen LogP contribution in [-0.2, 0) is 0 Å². The van der Waals surface area contributed by atoms with Crippen molar-refractivity contribution in [3.05, 3.63) is 46.3 Å². The SMILES string of the molecule is NC(=O)c1cnccc1NCCNc1ncc(Cl)cc1Cl. The minimum atomic E-state index is -0.527. The van der Waals surface area contributed by atoms with Crippen LogP contribution in [0.2, 0.25) is 10.0 Å². The monoisotopic (exact) mass is 325 g/mol. The summed E-state index contributed by atoms with van der Waals surface area (Å²) in [6, 6.07) is 3.30. The summed E-state index contributed by atoms with van der Waals surface area (Å²) in [7, 11) is 0. The molecule has 2 aromatic rings. The highest BCUT2D eigenvalue weighted by molar-refractivity contribution is 6.35. The summed E-state index contributed by atoms with van der Waals surface area (Å²) < 4.78 is 0. The van der Waals surface area contributed by atoms with Crippen LogP contribution in [0.15, 0.2) is 30.7 Å². The summed E-state index contributed by atoms with van der Waals surface area (Å²) in [6.07, 6.45) is 4.52. The average molecular weight is 326 g/mol. The number of rotatable bonds is 6. The summed E-state index contributed by atoms with van der Waals surface area (Å²) >= 11 is 11.8. The van der Waals surface area contributed by atoms with E-state index in [9.17, 15) is 4.79 Å². The number of halogens is 2. The van der Waals surface area contributed by atoms with Crippen LogP contribution in [0.3, 0.4) is 0 Å². The van der Waals surface area contributed by atoms with Crippen molar-refractivity contribution < 1.29 is 4.79 Å². The number of hydrogen-bond acceptors (Lipinski definition) is 5. The largest absolute Gasteiger partial charge is 0.383 e. The minimum Gasteiger partial charge on any atom is -0.383 e. The predicted octanol–water partition coefficient (Wildman–Crippen LogP) is 2.41. The normalized spacial score (nSPS) is 10.2. The quantitative estimate of drug-likeness (QED) is 0.709. The molecule has 0 fully saturated rings. The van der Waals surface area contributed by atoms with Gasteiger partial charge in [0, 0.05) is 31.7 Å². The van der Waals surface area contributed by atoms with Gasteiger partial charge in [-0.1, -0.05) is 23.2 Å². The van der Waals surface area contributed by atoms with Gasteiger partial charge in [0.05, 0.1) is 21.3 Å². The summed E-state index contributed by atoms with van der Waals surface area (Å²) in [4.78, 5) is 19.2. The van der Waals surface area contributed by atoms with E-state index >= 15 is 0 Å². The van der Waals surface area contributed by atoms with Gasteiger partial charge in [0.1, 0.15) is 5.82 Å². The number of nitrogens with zero attached hydrogens (tertiary/aromatic N) is 2. The van der Waals surface area contributed by atoms with Crippen molar-refractivity contribution in [3.8, 4) is 0 Å². The molecule has 0 aliphatic carbocycles. The highest BCUT2D eigenvalue weighted by Gasteiger charge is 2.07. The summed E-state index contributed by atoms with van der Waals surface area (Å²) in [6.45, 7) is 1.10. The first-order valence-electron chi connectivity index (χ1n) is 6.10. The lowest BCUT2D eigenvalue weighted by Crippen LogP contribution is -2.18. The number of pyridine rings is 2. The van der Waals surface area contributed by atoms with E-state index in [4.69, 9.17) is 28.9 Å². The number of carbonyl (C=O) groups excluding carboxylic acids is 1. The van der Waals surface area contributed by atoms with Crippen LogP contribution in [0.5, 0.6) is 0 Å². The predicted molar refractivity (Wildman–Crippen MR) is 84.0 cm³/mol. The molecule has 0 saturated carbocycles. The molecule has 0 radical (unpaired) electrons. The number of carbonyl (C=O) groups is 1. The molecule has 110 valence electrons. The third kappa shape index (κ3) is 4.21. The van der Waals surface area contributed by atoms with Crippen LogP contribution in [0.1, 0.15) is 10.4 Å². The second kappa shape index (κ2) is 7.10. The second-order valence-corrected chi connectivity index (χ2v) is 4.97. The van der Waals surface area contributed by atoms with Gasteiger partial charge >= 0.3 is 0 Å². The Morgan fingerprint density at radius 3 is 2.71 bits per heavy atom. The molecule has 2 aromatic heterocycles. The zero-order valence-corrected chi connectivity index (χ0v) is 12.4. The van der Waals surface area contributed by atoms with Gasteiger partial charge in [-0.2, -0.15) is 0 Å². The number of primary amides is 1. The molecule has 2 heterocycles. The van der Waals surface area contributed by atoms with Crippen molar-refractivity contribution in [3.63, 3.8) is 0 Å². The van der Waals surface area contributed by atoms with Gasteiger partial charge in [-0.05, 0) is 12.1 Å². The molecule has 2 rings (SSSR count). The number of nitrogens with one attached hydrogen (secondary N) is 2. The van der Waals surface area contributed by atoms with Crippen molar-refractivity contribution >= 4 is 40.6 Å². The maximum Gasteiger partial charge on any atom is 0.252 e. The molecule has 4 N–H and O–H groups in total. The first-order chi connectivity index (χ1) is 10.1. The Labute approximate surface area is 131 Å². The Kier molecular flexibility index (Phi) is 5.19. The van der Waals surface area contributed by atoms with Crippen molar-refractivity contribution in [1.29, 1.82) is 0 Å². The number of aromatic nitrogens is 2. The Hall–Kier alpha value is -2.05. The second-order valence-electron chi connectivity index (χ2n) is 4.12. The Morgan fingerprint density at radius 2 is 2.00 bits per heavy atom. The molecule has 8 heteroatoms. The third-order valence-electron chi connectivity index (χ3n) is 2.63. The molecule has 1 amide bonds. The molecular weight excluding hydrogens is 313 g/mol. The van der Waals surface area contributed by atoms with E-state index in [1.165, 1.54) is 12.4 Å². The lowest BCUT2D eigenvalue weighted by molar-refractivity contribution is 0.100. The van der Waals surface area contributed by atoms with Crippen LogP contribution < -0.4 is 16.4 Å². The fourth-order valence-corrected chi connectivity index (χ4v) is 2.11. The van der Waals surface area contributed by atoms with Gasteiger partial charge in [-0.15, -0.1) is 0 Å². The first-order valence-corrected chi connectivity index (χ1v) is 6.86. The zero-order valence-electron chi connectivity index (χ0n) is 10.9. The van der Waals surface area contributed by atoms with Gasteiger partial charge in [0.25, 0.3) is 5.91 Å². The van der Waals surface area contributed by atoms with Crippen molar-refractivity contribution in [2.45, 2.75) is 0 Å². The Balaban J connectivity index is 1.89. The van der Waals surface area contributed by atoms with Gasteiger partial charge in [-0.25, -0.2) is 4.98 Å². The minimum absolute atomic E-state index is 0.347. The topological polar surface area (TPSA) is 92.9 Å². The molecule has 0 saturated heterocycles. The van der Waals surface area contributed by atoms with Crippen molar-refractivity contribution in [2.24, 2.45) is 5.73 Å². The Bertz CT molecular complexity index is 650. The molecule has 0 bridgehead atoms. The van der Waals surface area contributed by atoms with Crippen LogP contribution in [0, 0.1) is 0 Å². The number of hydrogen-bond donors (Lipinski definition) is 3. The van der Waals surface area contributed by atoms with Gasteiger partial charge < -0.3 is 16.4 Å². The smallest absolute Gasteiger partial charge is 0.252 e. The summed E-state index contributed by atoms with van der Waals surface area (Å²) in [5, 5.41) is 7.09. The zero-order chi connectivity index (χ0) is 15.2. The highest BCUT2D eigenvalue weighted by Crippen LogP contribution is 2.22. The lowest BCUT2D eigenvalue weighted by Gasteiger charge is -2.11. The van der Waals surface area contributed by atoms with E-state index in [0.29, 0.717) is 40.2 Å². The standard InChI is InChI=1S/C13H13Cl2N5O/c14-8-5-10(15)13(20-6-8)19-4-3-18-11-1-2-17-7-9(11)12(16)21/h1-2,5-7H,3-4H2,(H2,16,21)(H,17,18)(H,19,20). The molecule has 21 heavy (non-hydrogen) atoms. The first kappa shape index (κ1) is 15.3. The molecular formula is C13H13Cl2N5O. The number of nitrogens with two attached hydrogens (primary N) is 1. The highest BCUT2D eigenvalue weighted by atomic mass is 35.5. The maximum absolute atomic E-state index is 11.2. The molecule has 0 aliphatic heterocycles. The fourth-order valence-electron chi connectivity index (χ4n) is 1.67. The lowest BCUT2D eigenvalue weighted by atomic mass is 10.2. The molecule has 0 aliphatic rings. The molecule has 0 atom stereocenters. The van der Waals surface area contributed by atoms with Gasteiger partial charge in [0.2, 0.25) is 0 Å². The van der Waals surface area contributed by atoms with Crippen molar-refractivity contribution in [1.82, 2.24) is 9.97 Å². The van der Waals surface area contributed by atoms with Crippen LogP contribution in [0.4, 0.5) is 11.5 Å². The number of anilines is 2. The summed E-state index contributed by atoms with van der Waals surface area (Å²) in [5.41, 5.74) is 6.25. The van der Waals surface area contributed by atoms with Crippen LogP contribution in [0.25, 0.3) is 0 Å². The third-order valence-corrected chi connectivity index (χ3v) is 3.12. The molecule has 0 aromatic carbocycles. The maximum atomic E-state index is 11.2. The van der Waals surface area contributed by atoms with E-state index in [0.717, 1.165) is 0 Å². The fraction of sp³-hybridized carbons (Fsp3) is 0.154. The van der Waals surface area contributed by atoms with Crippen LogP contribution >= 0.6 is 23.2 Å². The molecule has 0 spiro atoms. The Morgan fingerprint density at radius 1 is 1.24 bits per heavy atom. The average Bonchev–Trinajstić information content (AvgIpc) is 2.45. The van der Waals surface area contributed by atoms with Gasteiger partial charge in [0.15, 0.2) is 0 Å². The van der Waals surface area contributed by atoms with Crippen molar-refractivity contribution in [2.75, 3.05) is 23.7 Å².